The number of H-pyrrole nitrogens is 1. The Balaban J connectivity index is 2.01. The lowest BCUT2D eigenvalue weighted by atomic mass is 10.2. The molecule has 4 N–H and O–H groups in total. The number of nitrogen functional groups attached to an aromatic ring is 1. The molecule has 0 unspecified atom stereocenters. The van der Waals surface area contributed by atoms with Crippen LogP contribution in [0.4, 0.5) is 5.82 Å². The van der Waals surface area contributed by atoms with Crippen LogP contribution in [0, 0.1) is 0 Å². The predicted octanol–water partition coefficient (Wildman–Crippen LogP) is 1.55. The van der Waals surface area contributed by atoms with Crippen LogP contribution in [0.3, 0.4) is 0 Å². The van der Waals surface area contributed by atoms with Crippen molar-refractivity contribution in [2.75, 3.05) is 5.73 Å². The van der Waals surface area contributed by atoms with Crippen LogP contribution in [-0.2, 0) is 0 Å². The number of nitrogens with one attached hydrogen (secondary N) is 1. The number of aromatic nitrogens is 4. The van der Waals surface area contributed by atoms with Crippen molar-refractivity contribution in [2.24, 2.45) is 0 Å². The van der Waals surface area contributed by atoms with Crippen LogP contribution in [0.15, 0.2) is 47.3 Å². The molecule has 1 aromatic carbocycles. The Bertz CT molecular complexity index is 1080. The molecule has 3 aromatic heterocycles. The third kappa shape index (κ3) is 1.72. The van der Waals surface area contributed by atoms with Gasteiger partial charge in [-0.05, 0) is 18.2 Å². The number of pyridine rings is 2. The monoisotopic (exact) mass is 293 g/mol. The highest BCUT2D eigenvalue weighted by atomic mass is 16.3. The van der Waals surface area contributed by atoms with Crippen LogP contribution in [0.5, 0.6) is 5.88 Å². The van der Waals surface area contributed by atoms with E-state index in [9.17, 15) is 9.90 Å². The summed E-state index contributed by atoms with van der Waals surface area (Å²) in [5, 5.41) is 14.9. The molecule has 0 aliphatic carbocycles. The van der Waals surface area contributed by atoms with Gasteiger partial charge in [-0.15, -0.1) is 0 Å². The van der Waals surface area contributed by atoms with Gasteiger partial charge in [-0.1, -0.05) is 18.2 Å². The summed E-state index contributed by atoms with van der Waals surface area (Å²) in [5.74, 6) is 0.430. The lowest BCUT2D eigenvalue weighted by Gasteiger charge is -2.04. The van der Waals surface area contributed by atoms with Crippen LogP contribution in [-0.4, -0.2) is 24.9 Å². The molecule has 108 valence electrons. The highest BCUT2D eigenvalue weighted by molar-refractivity contribution is 5.89. The zero-order chi connectivity index (χ0) is 15.3. The van der Waals surface area contributed by atoms with Gasteiger partial charge in [-0.2, -0.15) is 9.78 Å². The van der Waals surface area contributed by atoms with Crippen LogP contribution in [0.25, 0.3) is 27.6 Å². The van der Waals surface area contributed by atoms with Crippen LogP contribution in [0.2, 0.25) is 0 Å². The second-order valence-corrected chi connectivity index (χ2v) is 4.90. The molecule has 4 rings (SSSR count). The van der Waals surface area contributed by atoms with Gasteiger partial charge in [0.1, 0.15) is 16.7 Å². The number of para-hydroxylation sites is 1. The molecule has 3 heterocycles. The van der Waals surface area contributed by atoms with E-state index < -0.39 is 5.56 Å². The van der Waals surface area contributed by atoms with Gasteiger partial charge in [0.25, 0.3) is 5.56 Å². The largest absolute Gasteiger partial charge is 0.494 e. The molecule has 0 radical (unpaired) electrons. The number of benzene rings is 1. The van der Waals surface area contributed by atoms with Gasteiger partial charge in [-0.3, -0.25) is 9.78 Å². The van der Waals surface area contributed by atoms with Crippen molar-refractivity contribution in [3.63, 3.8) is 0 Å². The first-order chi connectivity index (χ1) is 10.6. The van der Waals surface area contributed by atoms with Crippen LogP contribution >= 0.6 is 0 Å². The van der Waals surface area contributed by atoms with E-state index in [1.807, 2.05) is 30.3 Å². The number of fused-ring (bicyclic) bond motifs is 2. The van der Waals surface area contributed by atoms with Crippen molar-refractivity contribution < 1.29 is 5.11 Å². The van der Waals surface area contributed by atoms with E-state index in [2.05, 4.69) is 15.1 Å². The lowest BCUT2D eigenvalue weighted by molar-refractivity contribution is 0.453. The molecule has 7 heteroatoms. The summed E-state index contributed by atoms with van der Waals surface area (Å²) >= 11 is 0. The number of aromatic hydroxyl groups is 1. The summed E-state index contributed by atoms with van der Waals surface area (Å²) in [7, 11) is 0. The first kappa shape index (κ1) is 12.4. The second-order valence-electron chi connectivity index (χ2n) is 4.90. The summed E-state index contributed by atoms with van der Waals surface area (Å²) in [6.45, 7) is 0. The quantitative estimate of drug-likeness (QED) is 0.493. The molecule has 0 spiro atoms. The Morgan fingerprint density at radius 2 is 1.95 bits per heavy atom. The Morgan fingerprint density at radius 1 is 1.14 bits per heavy atom. The maximum atomic E-state index is 11.9. The van der Waals surface area contributed by atoms with Crippen molar-refractivity contribution in [3.8, 4) is 11.7 Å². The fourth-order valence-corrected chi connectivity index (χ4v) is 2.47. The smallest absolute Gasteiger partial charge is 0.263 e. The second kappa shape index (κ2) is 4.32. The van der Waals surface area contributed by atoms with E-state index in [1.165, 1.54) is 10.7 Å². The third-order valence-corrected chi connectivity index (χ3v) is 3.49. The molecule has 0 saturated carbocycles. The summed E-state index contributed by atoms with van der Waals surface area (Å²) in [6, 6.07) is 12.7. The Kier molecular flexibility index (Phi) is 2.43. The minimum Gasteiger partial charge on any atom is -0.494 e. The van der Waals surface area contributed by atoms with Gasteiger partial charge in [0.15, 0.2) is 11.7 Å². The van der Waals surface area contributed by atoms with Gasteiger partial charge >= 0.3 is 0 Å². The highest BCUT2D eigenvalue weighted by Gasteiger charge is 2.15. The molecule has 0 bridgehead atoms. The molecule has 7 nitrogen and oxygen atoms in total. The standard InChI is InChI=1S/C15H11N5O2/c16-14-13-10(7-12(21)18-15(13)22)19-20(14)11-6-5-8-3-1-2-4-9(8)17-11/h1-7,21H,16H2,(H,18,22). The van der Waals surface area contributed by atoms with Crippen molar-refractivity contribution in [1.29, 1.82) is 0 Å². The minimum absolute atomic E-state index is 0.180. The Morgan fingerprint density at radius 3 is 2.82 bits per heavy atom. The molecule has 0 atom stereocenters. The molecule has 0 saturated heterocycles. The first-order valence-corrected chi connectivity index (χ1v) is 6.60. The van der Waals surface area contributed by atoms with Crippen molar-refractivity contribution in [1.82, 2.24) is 19.7 Å². The number of rotatable bonds is 1. The van der Waals surface area contributed by atoms with E-state index in [1.54, 1.807) is 6.07 Å². The van der Waals surface area contributed by atoms with Crippen LogP contribution < -0.4 is 11.3 Å². The third-order valence-electron chi connectivity index (χ3n) is 3.49. The first-order valence-electron chi connectivity index (χ1n) is 6.60. The number of hydrogen-bond donors (Lipinski definition) is 3. The number of aromatic amines is 1. The molecule has 0 aliphatic heterocycles. The number of nitrogens with two attached hydrogens (primary N) is 1. The van der Waals surface area contributed by atoms with Gasteiger partial charge < -0.3 is 10.8 Å². The van der Waals surface area contributed by atoms with Crippen molar-refractivity contribution >= 4 is 27.6 Å². The molecule has 0 amide bonds. The summed E-state index contributed by atoms with van der Waals surface area (Å²) in [4.78, 5) is 18.7. The number of hydrogen-bond acceptors (Lipinski definition) is 5. The number of nitrogens with zero attached hydrogens (tertiary/aromatic N) is 3. The van der Waals surface area contributed by atoms with Crippen LogP contribution in [0.1, 0.15) is 0 Å². The van der Waals surface area contributed by atoms with Gasteiger partial charge in [0.05, 0.1) is 5.52 Å². The molecule has 0 aliphatic rings. The minimum atomic E-state index is -0.487. The molecular formula is C15H11N5O2. The summed E-state index contributed by atoms with van der Waals surface area (Å²) < 4.78 is 1.39. The SMILES string of the molecule is Nc1c2c(=O)[nH]c(O)cc2nn1-c1ccc2ccccc2n1. The lowest BCUT2D eigenvalue weighted by Crippen LogP contribution is -2.08. The molecule has 0 fully saturated rings. The molecular weight excluding hydrogens is 282 g/mol. The molecule has 22 heavy (non-hydrogen) atoms. The van der Waals surface area contributed by atoms with Crippen molar-refractivity contribution in [3.05, 3.63) is 52.8 Å². The van der Waals surface area contributed by atoms with E-state index in [0.29, 0.717) is 11.3 Å². The van der Waals surface area contributed by atoms with E-state index in [0.717, 1.165) is 10.9 Å². The summed E-state index contributed by atoms with van der Waals surface area (Å²) in [6.07, 6.45) is 0. The van der Waals surface area contributed by atoms with E-state index >= 15 is 0 Å². The van der Waals surface area contributed by atoms with Gasteiger partial charge in [0, 0.05) is 11.5 Å². The average molecular weight is 293 g/mol. The maximum absolute atomic E-state index is 11.9. The highest BCUT2D eigenvalue weighted by Crippen LogP contribution is 2.23. The zero-order valence-corrected chi connectivity index (χ0v) is 11.3. The fraction of sp³-hybridized carbons (Fsp3) is 0. The van der Waals surface area contributed by atoms with E-state index in [4.69, 9.17) is 5.73 Å². The van der Waals surface area contributed by atoms with Gasteiger partial charge in [0.2, 0.25) is 0 Å². The predicted molar refractivity (Wildman–Crippen MR) is 83.1 cm³/mol. The van der Waals surface area contributed by atoms with E-state index in [-0.39, 0.29) is 17.1 Å². The topological polar surface area (TPSA) is 110 Å². The Labute approximate surface area is 123 Å². The Hall–Kier alpha value is -3.35. The molecule has 4 aromatic rings. The fourth-order valence-electron chi connectivity index (χ4n) is 2.47. The number of anilines is 1. The normalized spacial score (nSPS) is 11.3. The average Bonchev–Trinajstić information content (AvgIpc) is 2.83. The summed E-state index contributed by atoms with van der Waals surface area (Å²) in [5.41, 5.74) is 6.65. The zero-order valence-electron chi connectivity index (χ0n) is 11.3. The maximum Gasteiger partial charge on any atom is 0.263 e. The van der Waals surface area contributed by atoms with Gasteiger partial charge in [-0.25, -0.2) is 4.98 Å². The van der Waals surface area contributed by atoms with Crippen molar-refractivity contribution in [2.45, 2.75) is 0 Å².